The zero-order valence-electron chi connectivity index (χ0n) is 14.0. The quantitative estimate of drug-likeness (QED) is 0.544. The van der Waals surface area contributed by atoms with Crippen LogP contribution in [0.25, 0.3) is 11.0 Å². The minimum absolute atomic E-state index is 0.0925. The standard InChI is InChI=1S/C19H19N3O3/c1-21-15-8-3-2-7-14(15)20-18(21)13-6-4-10-22(12-13)19(24)17(23)16-9-5-11-25-16/h2-3,5,7-9,11,13H,4,6,10,12H2,1H3. The highest BCUT2D eigenvalue weighted by Gasteiger charge is 2.32. The lowest BCUT2D eigenvalue weighted by molar-refractivity contribution is -0.127. The summed E-state index contributed by atoms with van der Waals surface area (Å²) < 4.78 is 7.15. The third kappa shape index (κ3) is 2.73. The molecule has 0 bridgehead atoms. The van der Waals surface area contributed by atoms with Crippen LogP contribution < -0.4 is 0 Å². The second-order valence-corrected chi connectivity index (χ2v) is 6.41. The van der Waals surface area contributed by atoms with Gasteiger partial charge in [-0.3, -0.25) is 9.59 Å². The normalized spacial score (nSPS) is 17.8. The first-order chi connectivity index (χ1) is 12.1. The van der Waals surface area contributed by atoms with Gasteiger partial charge in [0.15, 0.2) is 5.76 Å². The molecule has 1 amide bonds. The van der Waals surface area contributed by atoms with Crippen molar-refractivity contribution < 1.29 is 14.0 Å². The van der Waals surface area contributed by atoms with Crippen LogP contribution in [0.15, 0.2) is 47.1 Å². The van der Waals surface area contributed by atoms with E-state index in [0.717, 1.165) is 29.7 Å². The molecule has 0 aliphatic carbocycles. The van der Waals surface area contributed by atoms with E-state index in [1.54, 1.807) is 11.0 Å². The van der Waals surface area contributed by atoms with E-state index in [9.17, 15) is 9.59 Å². The van der Waals surface area contributed by atoms with Crippen molar-refractivity contribution in [1.29, 1.82) is 0 Å². The van der Waals surface area contributed by atoms with E-state index in [0.29, 0.717) is 13.1 Å². The average Bonchev–Trinajstić information content (AvgIpc) is 3.29. The summed E-state index contributed by atoms with van der Waals surface area (Å²) in [6, 6.07) is 11.1. The number of carbonyl (C=O) groups is 2. The van der Waals surface area contributed by atoms with Gasteiger partial charge in [0.2, 0.25) is 0 Å². The molecule has 0 N–H and O–H groups in total. The van der Waals surface area contributed by atoms with Gasteiger partial charge in [0, 0.05) is 26.1 Å². The fraction of sp³-hybridized carbons (Fsp3) is 0.316. The molecular formula is C19H19N3O3. The second kappa shape index (κ2) is 6.20. The number of aromatic nitrogens is 2. The van der Waals surface area contributed by atoms with Gasteiger partial charge in [-0.2, -0.15) is 0 Å². The molecule has 1 atom stereocenters. The van der Waals surface area contributed by atoms with Crippen molar-refractivity contribution in [3.05, 3.63) is 54.2 Å². The minimum Gasteiger partial charge on any atom is -0.461 e. The number of hydrogen-bond donors (Lipinski definition) is 0. The Bertz CT molecular complexity index is 927. The molecule has 128 valence electrons. The number of likely N-dealkylation sites (tertiary alicyclic amines) is 1. The van der Waals surface area contributed by atoms with Gasteiger partial charge in [-0.1, -0.05) is 12.1 Å². The van der Waals surface area contributed by atoms with Crippen molar-refractivity contribution in [2.45, 2.75) is 18.8 Å². The maximum Gasteiger partial charge on any atom is 0.298 e. The summed E-state index contributed by atoms with van der Waals surface area (Å²) in [5.74, 6) is 0.0903. The lowest BCUT2D eigenvalue weighted by atomic mass is 9.96. The number of carbonyl (C=O) groups excluding carboxylic acids is 2. The molecule has 1 aliphatic heterocycles. The molecule has 1 fully saturated rings. The number of fused-ring (bicyclic) bond motifs is 1. The van der Waals surface area contributed by atoms with Crippen molar-refractivity contribution in [2.24, 2.45) is 7.05 Å². The highest BCUT2D eigenvalue weighted by molar-refractivity contribution is 6.41. The lowest BCUT2D eigenvalue weighted by Gasteiger charge is -2.31. The lowest BCUT2D eigenvalue weighted by Crippen LogP contribution is -2.43. The smallest absolute Gasteiger partial charge is 0.298 e. The highest BCUT2D eigenvalue weighted by atomic mass is 16.3. The van der Waals surface area contributed by atoms with Gasteiger partial charge < -0.3 is 13.9 Å². The fourth-order valence-electron chi connectivity index (χ4n) is 3.56. The average molecular weight is 337 g/mol. The topological polar surface area (TPSA) is 68.3 Å². The number of furan rings is 1. The molecule has 6 heteroatoms. The van der Waals surface area contributed by atoms with E-state index in [1.165, 1.54) is 12.3 Å². The van der Waals surface area contributed by atoms with Crippen LogP contribution >= 0.6 is 0 Å². The zero-order valence-corrected chi connectivity index (χ0v) is 14.0. The third-order valence-electron chi connectivity index (χ3n) is 4.83. The second-order valence-electron chi connectivity index (χ2n) is 6.41. The van der Waals surface area contributed by atoms with Gasteiger partial charge in [-0.05, 0) is 37.1 Å². The predicted octanol–water partition coefficient (Wildman–Crippen LogP) is 2.76. The SMILES string of the molecule is Cn1c(C2CCCN(C(=O)C(=O)c3ccco3)C2)nc2ccccc21. The molecule has 1 aliphatic rings. The van der Waals surface area contributed by atoms with Crippen LogP contribution in [-0.2, 0) is 11.8 Å². The molecule has 2 aromatic heterocycles. The number of imidazole rings is 1. The number of aryl methyl sites for hydroxylation is 1. The summed E-state index contributed by atoms with van der Waals surface area (Å²) in [5, 5.41) is 0. The van der Waals surface area contributed by atoms with Gasteiger partial charge >= 0.3 is 0 Å². The Morgan fingerprint density at radius 1 is 1.20 bits per heavy atom. The van der Waals surface area contributed by atoms with Crippen molar-refractivity contribution in [3.8, 4) is 0 Å². The monoisotopic (exact) mass is 337 g/mol. The number of benzene rings is 1. The van der Waals surface area contributed by atoms with Crippen LogP contribution in [-0.4, -0.2) is 39.2 Å². The van der Waals surface area contributed by atoms with Crippen LogP contribution in [0.4, 0.5) is 0 Å². The molecular weight excluding hydrogens is 318 g/mol. The van der Waals surface area contributed by atoms with Crippen LogP contribution in [0.3, 0.4) is 0 Å². The van der Waals surface area contributed by atoms with Crippen molar-refractivity contribution in [2.75, 3.05) is 13.1 Å². The van der Waals surface area contributed by atoms with E-state index in [2.05, 4.69) is 4.57 Å². The first-order valence-electron chi connectivity index (χ1n) is 8.43. The van der Waals surface area contributed by atoms with Crippen molar-refractivity contribution >= 4 is 22.7 Å². The Balaban J connectivity index is 1.57. The van der Waals surface area contributed by atoms with E-state index < -0.39 is 11.7 Å². The molecule has 0 radical (unpaired) electrons. The van der Waals surface area contributed by atoms with Gasteiger partial charge in [0.25, 0.3) is 11.7 Å². The van der Waals surface area contributed by atoms with Crippen molar-refractivity contribution in [3.63, 3.8) is 0 Å². The number of piperidine rings is 1. The molecule has 1 unspecified atom stereocenters. The molecule has 3 heterocycles. The first kappa shape index (κ1) is 15.6. The molecule has 6 nitrogen and oxygen atoms in total. The van der Waals surface area contributed by atoms with Gasteiger partial charge in [0.1, 0.15) is 5.82 Å². The van der Waals surface area contributed by atoms with E-state index in [-0.39, 0.29) is 11.7 Å². The molecule has 1 saturated heterocycles. The molecule has 0 saturated carbocycles. The Labute approximate surface area is 145 Å². The minimum atomic E-state index is -0.587. The highest BCUT2D eigenvalue weighted by Crippen LogP contribution is 2.29. The summed E-state index contributed by atoms with van der Waals surface area (Å²) in [7, 11) is 2.00. The summed E-state index contributed by atoms with van der Waals surface area (Å²) in [4.78, 5) is 31.1. The number of rotatable bonds is 3. The maximum absolute atomic E-state index is 12.5. The van der Waals surface area contributed by atoms with Crippen LogP contribution in [0.5, 0.6) is 0 Å². The summed E-state index contributed by atoms with van der Waals surface area (Å²) in [6.45, 7) is 1.09. The summed E-state index contributed by atoms with van der Waals surface area (Å²) in [5.41, 5.74) is 2.03. The first-order valence-corrected chi connectivity index (χ1v) is 8.43. The van der Waals surface area contributed by atoms with Gasteiger partial charge in [-0.15, -0.1) is 0 Å². The predicted molar refractivity (Wildman–Crippen MR) is 92.3 cm³/mol. The number of hydrogen-bond acceptors (Lipinski definition) is 4. The fourth-order valence-corrected chi connectivity index (χ4v) is 3.56. The van der Waals surface area contributed by atoms with Crippen LogP contribution in [0.1, 0.15) is 35.1 Å². The van der Waals surface area contributed by atoms with Crippen molar-refractivity contribution in [1.82, 2.24) is 14.5 Å². The Kier molecular flexibility index (Phi) is 3.87. The molecule has 25 heavy (non-hydrogen) atoms. The third-order valence-corrected chi connectivity index (χ3v) is 4.83. The number of ketones is 1. The number of amides is 1. The van der Waals surface area contributed by atoms with E-state index >= 15 is 0 Å². The number of Topliss-reactive ketones (excluding diaryl/α,β-unsaturated/α-hetero) is 1. The largest absolute Gasteiger partial charge is 0.461 e. The van der Waals surface area contributed by atoms with Gasteiger partial charge in [-0.25, -0.2) is 4.98 Å². The maximum atomic E-state index is 12.5. The van der Waals surface area contributed by atoms with E-state index in [1.807, 2.05) is 31.3 Å². The molecule has 0 spiro atoms. The Hall–Kier alpha value is -2.89. The van der Waals surface area contributed by atoms with E-state index in [4.69, 9.17) is 9.40 Å². The zero-order chi connectivity index (χ0) is 17.4. The summed E-state index contributed by atoms with van der Waals surface area (Å²) in [6.07, 6.45) is 3.21. The molecule has 4 rings (SSSR count). The van der Waals surface area contributed by atoms with Gasteiger partial charge in [0.05, 0.1) is 17.3 Å². The van der Waals surface area contributed by atoms with Crippen LogP contribution in [0, 0.1) is 0 Å². The summed E-state index contributed by atoms with van der Waals surface area (Å²) >= 11 is 0. The Morgan fingerprint density at radius 2 is 2.04 bits per heavy atom. The molecule has 1 aromatic carbocycles. The molecule has 3 aromatic rings. The number of nitrogens with zero attached hydrogens (tertiary/aromatic N) is 3. The number of para-hydroxylation sites is 2. The van der Waals surface area contributed by atoms with Crippen LogP contribution in [0.2, 0.25) is 0 Å². The Morgan fingerprint density at radius 3 is 2.80 bits per heavy atom.